The summed E-state index contributed by atoms with van der Waals surface area (Å²) in [5.74, 6) is 0.497. The molecule has 23 heavy (non-hydrogen) atoms. The van der Waals surface area contributed by atoms with E-state index in [4.69, 9.17) is 10.6 Å². The number of hydrogen-bond acceptors (Lipinski definition) is 7. The molecule has 6 nitrogen and oxygen atoms in total. The van der Waals surface area contributed by atoms with Gasteiger partial charge in [0.15, 0.2) is 0 Å². The molecule has 0 spiro atoms. The maximum absolute atomic E-state index is 6.01. The smallest absolute Gasteiger partial charge is 0.256 e. The van der Waals surface area contributed by atoms with Gasteiger partial charge in [0.05, 0.1) is 18.0 Å². The largest absolute Gasteiger partial charge is 0.330 e. The van der Waals surface area contributed by atoms with Crippen LogP contribution in [0.25, 0.3) is 10.2 Å². The predicted molar refractivity (Wildman–Crippen MR) is 92.7 cm³/mol. The van der Waals surface area contributed by atoms with Gasteiger partial charge in [-0.1, -0.05) is 0 Å². The minimum absolute atomic E-state index is 0.0513. The van der Waals surface area contributed by atoms with Crippen LogP contribution in [0.1, 0.15) is 18.9 Å². The Labute approximate surface area is 138 Å². The number of pyridine rings is 1. The maximum Gasteiger partial charge on any atom is 0.256 e. The number of anilines is 2. The van der Waals surface area contributed by atoms with Crippen molar-refractivity contribution in [2.75, 3.05) is 11.6 Å². The van der Waals surface area contributed by atoms with Gasteiger partial charge in [0, 0.05) is 17.8 Å². The van der Waals surface area contributed by atoms with E-state index in [1.807, 2.05) is 25.3 Å². The maximum atomic E-state index is 6.01. The normalized spacial score (nSPS) is 12.5. The van der Waals surface area contributed by atoms with Crippen molar-refractivity contribution < 1.29 is 4.84 Å². The third-order valence-corrected chi connectivity index (χ3v) is 4.44. The van der Waals surface area contributed by atoms with Crippen molar-refractivity contribution in [3.63, 3.8) is 0 Å². The number of rotatable bonds is 6. The Bertz CT molecular complexity index is 776. The first kappa shape index (κ1) is 15.8. The average molecular weight is 329 g/mol. The van der Waals surface area contributed by atoms with E-state index < -0.39 is 0 Å². The van der Waals surface area contributed by atoms with E-state index in [-0.39, 0.29) is 6.10 Å². The Morgan fingerprint density at radius 3 is 3.00 bits per heavy atom. The van der Waals surface area contributed by atoms with Gasteiger partial charge in [0.2, 0.25) is 0 Å². The standard InChI is InChI=1S/C16H19N5OS/c1-11-10-23-15-14(11)9-19-16(20-15)21(22-12(2)5-6-17)13-4-3-7-18-8-13/h3-4,7-10,12H,5-6,17H2,1-2H3. The first-order valence-corrected chi connectivity index (χ1v) is 8.35. The highest BCUT2D eigenvalue weighted by atomic mass is 32.1. The fourth-order valence-electron chi connectivity index (χ4n) is 2.19. The third kappa shape index (κ3) is 3.47. The number of hydrogen-bond donors (Lipinski definition) is 1. The highest BCUT2D eigenvalue weighted by Gasteiger charge is 2.18. The molecule has 0 aliphatic heterocycles. The molecule has 0 radical (unpaired) electrons. The van der Waals surface area contributed by atoms with Crippen LogP contribution in [0.4, 0.5) is 11.6 Å². The quantitative estimate of drug-likeness (QED) is 0.700. The summed E-state index contributed by atoms with van der Waals surface area (Å²) in [4.78, 5) is 20.2. The zero-order chi connectivity index (χ0) is 16.2. The van der Waals surface area contributed by atoms with Crippen molar-refractivity contribution in [2.24, 2.45) is 5.73 Å². The first-order valence-electron chi connectivity index (χ1n) is 7.47. The van der Waals surface area contributed by atoms with Crippen molar-refractivity contribution in [3.05, 3.63) is 41.7 Å². The molecule has 0 saturated carbocycles. The summed E-state index contributed by atoms with van der Waals surface area (Å²) in [6, 6.07) is 3.77. The van der Waals surface area contributed by atoms with E-state index in [1.54, 1.807) is 28.8 Å². The highest BCUT2D eigenvalue weighted by molar-refractivity contribution is 7.16. The number of thiophene rings is 1. The molecule has 3 rings (SSSR count). The molecule has 2 N–H and O–H groups in total. The van der Waals surface area contributed by atoms with Gasteiger partial charge < -0.3 is 5.73 Å². The fourth-order valence-corrected chi connectivity index (χ4v) is 3.08. The lowest BCUT2D eigenvalue weighted by molar-refractivity contribution is 0.0596. The molecule has 1 atom stereocenters. The Hall–Kier alpha value is -2.09. The van der Waals surface area contributed by atoms with E-state index in [2.05, 4.69) is 27.3 Å². The molecule has 7 heteroatoms. The summed E-state index contributed by atoms with van der Waals surface area (Å²) < 4.78 is 0. The molecule has 3 aromatic rings. The fraction of sp³-hybridized carbons (Fsp3) is 0.312. The molecule has 3 heterocycles. The number of aromatic nitrogens is 3. The van der Waals surface area contributed by atoms with Crippen molar-refractivity contribution in [1.29, 1.82) is 0 Å². The van der Waals surface area contributed by atoms with Crippen LogP contribution in [0.3, 0.4) is 0 Å². The van der Waals surface area contributed by atoms with Crippen LogP contribution in [0.15, 0.2) is 36.1 Å². The second kappa shape index (κ2) is 6.99. The van der Waals surface area contributed by atoms with Crippen LogP contribution >= 0.6 is 11.3 Å². The van der Waals surface area contributed by atoms with E-state index in [1.165, 1.54) is 5.56 Å². The monoisotopic (exact) mass is 329 g/mol. The van der Waals surface area contributed by atoms with E-state index in [0.717, 1.165) is 22.3 Å². The Balaban J connectivity index is 1.98. The van der Waals surface area contributed by atoms with E-state index in [9.17, 15) is 0 Å². The molecule has 1 unspecified atom stereocenters. The van der Waals surface area contributed by atoms with Crippen LogP contribution in [0.5, 0.6) is 0 Å². The predicted octanol–water partition coefficient (Wildman–Crippen LogP) is 3.20. The van der Waals surface area contributed by atoms with E-state index >= 15 is 0 Å². The Morgan fingerprint density at radius 2 is 2.26 bits per heavy atom. The van der Waals surface area contributed by atoms with Gasteiger partial charge in [-0.25, -0.2) is 4.98 Å². The lowest BCUT2D eigenvalue weighted by Crippen LogP contribution is -2.27. The summed E-state index contributed by atoms with van der Waals surface area (Å²) >= 11 is 1.60. The number of fused-ring (bicyclic) bond motifs is 1. The Morgan fingerprint density at radius 1 is 1.39 bits per heavy atom. The zero-order valence-electron chi connectivity index (χ0n) is 13.1. The number of nitrogens with two attached hydrogens (primary N) is 1. The van der Waals surface area contributed by atoms with Crippen LogP contribution in [-0.2, 0) is 4.84 Å². The second-order valence-electron chi connectivity index (χ2n) is 5.31. The summed E-state index contributed by atoms with van der Waals surface area (Å²) in [5.41, 5.74) is 7.58. The molecule has 120 valence electrons. The number of aryl methyl sites for hydroxylation is 1. The molecular formula is C16H19N5OS. The van der Waals surface area contributed by atoms with Gasteiger partial charge in [-0.05, 0) is 49.9 Å². The second-order valence-corrected chi connectivity index (χ2v) is 6.16. The van der Waals surface area contributed by atoms with Crippen LogP contribution in [-0.4, -0.2) is 27.6 Å². The van der Waals surface area contributed by atoms with Gasteiger partial charge in [0.1, 0.15) is 4.83 Å². The molecule has 0 saturated heterocycles. The Kier molecular flexibility index (Phi) is 4.80. The SMILES string of the molecule is Cc1csc2nc(N(OC(C)CCN)c3cccnc3)ncc12. The van der Waals surface area contributed by atoms with Crippen molar-refractivity contribution >= 4 is 33.2 Å². The molecule has 0 aliphatic rings. The molecule has 3 aromatic heterocycles. The molecule has 0 bridgehead atoms. The highest BCUT2D eigenvalue weighted by Crippen LogP contribution is 2.28. The lowest BCUT2D eigenvalue weighted by Gasteiger charge is -2.24. The molecule has 0 aromatic carbocycles. The summed E-state index contributed by atoms with van der Waals surface area (Å²) in [6.07, 6.45) is 5.98. The zero-order valence-corrected chi connectivity index (χ0v) is 14.0. The van der Waals surface area contributed by atoms with Gasteiger partial charge in [-0.3, -0.25) is 9.82 Å². The molecule has 0 amide bonds. The lowest BCUT2D eigenvalue weighted by atomic mass is 10.3. The van der Waals surface area contributed by atoms with Gasteiger partial charge >= 0.3 is 0 Å². The van der Waals surface area contributed by atoms with Crippen molar-refractivity contribution in [3.8, 4) is 0 Å². The van der Waals surface area contributed by atoms with Crippen molar-refractivity contribution in [1.82, 2.24) is 15.0 Å². The topological polar surface area (TPSA) is 77.2 Å². The van der Waals surface area contributed by atoms with Crippen LogP contribution < -0.4 is 10.8 Å². The van der Waals surface area contributed by atoms with Gasteiger partial charge in [0.25, 0.3) is 5.95 Å². The third-order valence-electron chi connectivity index (χ3n) is 3.43. The molecular weight excluding hydrogens is 310 g/mol. The van der Waals surface area contributed by atoms with Crippen LogP contribution in [0.2, 0.25) is 0 Å². The first-order chi connectivity index (χ1) is 11.2. The number of nitrogens with zero attached hydrogens (tertiary/aromatic N) is 4. The summed E-state index contributed by atoms with van der Waals surface area (Å²) in [6.45, 7) is 4.59. The van der Waals surface area contributed by atoms with Crippen LogP contribution in [0, 0.1) is 6.92 Å². The molecule has 0 fully saturated rings. The summed E-state index contributed by atoms with van der Waals surface area (Å²) in [7, 11) is 0. The summed E-state index contributed by atoms with van der Waals surface area (Å²) in [5, 5.41) is 4.77. The van der Waals surface area contributed by atoms with E-state index in [0.29, 0.717) is 12.5 Å². The van der Waals surface area contributed by atoms with Gasteiger partial charge in [-0.2, -0.15) is 10.0 Å². The average Bonchev–Trinajstić information content (AvgIpc) is 2.94. The van der Waals surface area contributed by atoms with Crippen molar-refractivity contribution in [2.45, 2.75) is 26.4 Å². The van der Waals surface area contributed by atoms with Gasteiger partial charge in [-0.15, -0.1) is 11.3 Å². The minimum atomic E-state index is -0.0513. The minimum Gasteiger partial charge on any atom is -0.330 e. The molecule has 0 aliphatic carbocycles.